The van der Waals surface area contributed by atoms with E-state index in [0.29, 0.717) is 5.56 Å². The fraction of sp³-hybridized carbons (Fsp3) is 0.529. The fourth-order valence-corrected chi connectivity index (χ4v) is 2.85. The normalized spacial score (nSPS) is 18.4. The minimum atomic E-state index is -4.45. The van der Waals surface area contributed by atoms with Gasteiger partial charge in [0.1, 0.15) is 5.54 Å². The van der Waals surface area contributed by atoms with E-state index in [1.54, 1.807) is 6.92 Å². The first-order valence-electron chi connectivity index (χ1n) is 7.93. The van der Waals surface area contributed by atoms with E-state index in [4.69, 9.17) is 4.74 Å². The van der Waals surface area contributed by atoms with E-state index in [2.05, 4.69) is 5.32 Å². The SMILES string of the molecule is CC(CC(=O)NC1(C(=O)O)CCOCC1)c1cccc(C(F)(F)F)c1. The van der Waals surface area contributed by atoms with Crippen LogP contribution in [0.1, 0.15) is 43.2 Å². The van der Waals surface area contributed by atoms with E-state index in [-0.39, 0.29) is 32.5 Å². The molecule has 1 saturated heterocycles. The number of ether oxygens (including phenoxy) is 1. The maximum Gasteiger partial charge on any atom is 0.416 e. The lowest BCUT2D eigenvalue weighted by Gasteiger charge is -2.34. The van der Waals surface area contributed by atoms with Crippen LogP contribution in [-0.4, -0.2) is 35.7 Å². The molecule has 0 bridgehead atoms. The van der Waals surface area contributed by atoms with Crippen LogP contribution in [0.25, 0.3) is 0 Å². The summed E-state index contributed by atoms with van der Waals surface area (Å²) in [5.74, 6) is -2.11. The van der Waals surface area contributed by atoms with Crippen molar-refractivity contribution in [2.75, 3.05) is 13.2 Å². The summed E-state index contributed by atoms with van der Waals surface area (Å²) in [7, 11) is 0. The summed E-state index contributed by atoms with van der Waals surface area (Å²) in [6, 6.07) is 4.80. The lowest BCUT2D eigenvalue weighted by molar-refractivity contribution is -0.152. The smallest absolute Gasteiger partial charge is 0.416 e. The summed E-state index contributed by atoms with van der Waals surface area (Å²) in [4.78, 5) is 23.8. The molecule has 1 aromatic rings. The Hall–Kier alpha value is -2.09. The Labute approximate surface area is 143 Å². The van der Waals surface area contributed by atoms with Crippen molar-refractivity contribution in [3.8, 4) is 0 Å². The Morgan fingerprint density at radius 3 is 2.52 bits per heavy atom. The second-order valence-corrected chi connectivity index (χ2v) is 6.28. The van der Waals surface area contributed by atoms with Gasteiger partial charge in [-0.15, -0.1) is 0 Å². The molecular formula is C17H20F3NO4. The van der Waals surface area contributed by atoms with Gasteiger partial charge in [0.25, 0.3) is 0 Å². The van der Waals surface area contributed by atoms with Crippen LogP contribution in [-0.2, 0) is 20.5 Å². The largest absolute Gasteiger partial charge is 0.480 e. The first kappa shape index (κ1) is 19.2. The number of benzene rings is 1. The van der Waals surface area contributed by atoms with Gasteiger partial charge in [-0.05, 0) is 17.5 Å². The maximum absolute atomic E-state index is 12.8. The van der Waals surface area contributed by atoms with Gasteiger partial charge in [0.2, 0.25) is 5.91 Å². The monoisotopic (exact) mass is 359 g/mol. The Morgan fingerprint density at radius 1 is 1.32 bits per heavy atom. The number of hydrogen-bond donors (Lipinski definition) is 2. The molecule has 25 heavy (non-hydrogen) atoms. The number of rotatable bonds is 5. The topological polar surface area (TPSA) is 75.6 Å². The van der Waals surface area contributed by atoms with Gasteiger partial charge in [0, 0.05) is 32.5 Å². The molecule has 0 spiro atoms. The molecule has 5 nitrogen and oxygen atoms in total. The molecular weight excluding hydrogens is 339 g/mol. The van der Waals surface area contributed by atoms with Crippen LogP contribution in [0.15, 0.2) is 24.3 Å². The molecule has 1 heterocycles. The van der Waals surface area contributed by atoms with E-state index in [1.807, 2.05) is 0 Å². The molecule has 1 aliphatic rings. The summed E-state index contributed by atoms with van der Waals surface area (Å²) >= 11 is 0. The molecule has 1 unspecified atom stereocenters. The number of halogens is 3. The first-order chi connectivity index (χ1) is 11.6. The highest BCUT2D eigenvalue weighted by Crippen LogP contribution is 2.32. The number of carbonyl (C=O) groups excluding carboxylic acids is 1. The fourth-order valence-electron chi connectivity index (χ4n) is 2.85. The highest BCUT2D eigenvalue weighted by atomic mass is 19.4. The second kappa shape index (κ2) is 7.43. The van der Waals surface area contributed by atoms with Crippen molar-refractivity contribution in [1.82, 2.24) is 5.32 Å². The molecule has 2 N–H and O–H groups in total. The van der Waals surface area contributed by atoms with E-state index in [9.17, 15) is 27.9 Å². The molecule has 1 fully saturated rings. The average molecular weight is 359 g/mol. The molecule has 1 aromatic carbocycles. The van der Waals surface area contributed by atoms with Crippen LogP contribution >= 0.6 is 0 Å². The highest BCUT2D eigenvalue weighted by molar-refractivity contribution is 5.87. The Balaban J connectivity index is 2.06. The van der Waals surface area contributed by atoms with Crippen LogP contribution in [0.5, 0.6) is 0 Å². The summed E-state index contributed by atoms with van der Waals surface area (Å²) in [6.07, 6.45) is -4.23. The summed E-state index contributed by atoms with van der Waals surface area (Å²) in [5, 5.41) is 12.0. The average Bonchev–Trinajstić information content (AvgIpc) is 2.54. The predicted octanol–water partition coefficient (Wildman–Crippen LogP) is 2.95. The van der Waals surface area contributed by atoms with Crippen molar-refractivity contribution in [3.63, 3.8) is 0 Å². The van der Waals surface area contributed by atoms with Gasteiger partial charge >= 0.3 is 12.1 Å². The summed E-state index contributed by atoms with van der Waals surface area (Å²) < 4.78 is 43.5. The number of nitrogens with one attached hydrogen (secondary N) is 1. The van der Waals surface area contributed by atoms with Crippen molar-refractivity contribution in [2.24, 2.45) is 0 Å². The summed E-state index contributed by atoms with van der Waals surface area (Å²) in [5.41, 5.74) is -1.77. The van der Waals surface area contributed by atoms with Gasteiger partial charge in [0.15, 0.2) is 0 Å². The molecule has 1 amide bonds. The number of hydrogen-bond acceptors (Lipinski definition) is 3. The van der Waals surface area contributed by atoms with E-state index in [1.165, 1.54) is 12.1 Å². The van der Waals surface area contributed by atoms with Crippen molar-refractivity contribution in [3.05, 3.63) is 35.4 Å². The third-order valence-corrected chi connectivity index (χ3v) is 4.41. The van der Waals surface area contributed by atoms with Gasteiger partial charge < -0.3 is 15.2 Å². The standard InChI is InChI=1S/C17H20F3NO4/c1-11(12-3-2-4-13(10-12)17(18,19)20)9-14(22)21-16(15(23)24)5-7-25-8-6-16/h2-4,10-11H,5-9H2,1H3,(H,21,22)(H,23,24). The minimum absolute atomic E-state index is 0.100. The molecule has 0 aliphatic carbocycles. The van der Waals surface area contributed by atoms with Gasteiger partial charge in [0.05, 0.1) is 5.56 Å². The third-order valence-electron chi connectivity index (χ3n) is 4.41. The molecule has 0 saturated carbocycles. The minimum Gasteiger partial charge on any atom is -0.480 e. The Morgan fingerprint density at radius 2 is 1.96 bits per heavy atom. The zero-order valence-corrected chi connectivity index (χ0v) is 13.7. The summed E-state index contributed by atoms with van der Waals surface area (Å²) in [6.45, 7) is 2.10. The van der Waals surface area contributed by atoms with Gasteiger partial charge in [-0.25, -0.2) is 4.79 Å². The first-order valence-corrected chi connectivity index (χ1v) is 7.93. The molecule has 0 aromatic heterocycles. The van der Waals surface area contributed by atoms with Crippen molar-refractivity contribution in [1.29, 1.82) is 0 Å². The molecule has 0 radical (unpaired) electrons. The third kappa shape index (κ3) is 4.72. The maximum atomic E-state index is 12.8. The molecule has 138 valence electrons. The zero-order valence-electron chi connectivity index (χ0n) is 13.7. The van der Waals surface area contributed by atoms with Crippen molar-refractivity contribution >= 4 is 11.9 Å². The second-order valence-electron chi connectivity index (χ2n) is 6.28. The number of carboxylic acids is 1. The van der Waals surface area contributed by atoms with Crippen LogP contribution in [0.4, 0.5) is 13.2 Å². The number of carboxylic acid groups (broad SMARTS) is 1. The van der Waals surface area contributed by atoms with Crippen LogP contribution in [0.3, 0.4) is 0 Å². The number of carbonyl (C=O) groups is 2. The van der Waals surface area contributed by atoms with Gasteiger partial charge in [-0.2, -0.15) is 13.2 Å². The van der Waals surface area contributed by atoms with E-state index >= 15 is 0 Å². The quantitative estimate of drug-likeness (QED) is 0.848. The molecule has 1 atom stereocenters. The van der Waals surface area contributed by atoms with Crippen LogP contribution in [0, 0.1) is 0 Å². The molecule has 2 rings (SSSR count). The van der Waals surface area contributed by atoms with E-state index in [0.717, 1.165) is 12.1 Å². The Bertz CT molecular complexity index is 639. The van der Waals surface area contributed by atoms with Crippen molar-refractivity contribution < 1.29 is 32.6 Å². The predicted molar refractivity (Wildman–Crippen MR) is 83.0 cm³/mol. The highest BCUT2D eigenvalue weighted by Gasteiger charge is 2.41. The van der Waals surface area contributed by atoms with Crippen LogP contribution in [0.2, 0.25) is 0 Å². The Kier molecular flexibility index (Phi) is 5.72. The molecule has 8 heteroatoms. The lowest BCUT2D eigenvalue weighted by atomic mass is 9.89. The zero-order chi connectivity index (χ0) is 18.7. The van der Waals surface area contributed by atoms with Crippen molar-refractivity contribution in [2.45, 2.75) is 43.8 Å². The van der Waals surface area contributed by atoms with Gasteiger partial charge in [-0.1, -0.05) is 25.1 Å². The van der Waals surface area contributed by atoms with Gasteiger partial charge in [-0.3, -0.25) is 4.79 Å². The van der Waals surface area contributed by atoms with Crippen LogP contribution < -0.4 is 5.32 Å². The lowest BCUT2D eigenvalue weighted by Crippen LogP contribution is -2.57. The number of amides is 1. The van der Waals surface area contributed by atoms with E-state index < -0.39 is 35.1 Å². The molecule has 1 aliphatic heterocycles. The number of aliphatic carboxylic acids is 1. The number of alkyl halides is 3.